The van der Waals surface area contributed by atoms with Crippen LogP contribution in [0.2, 0.25) is 0 Å². The summed E-state index contributed by atoms with van der Waals surface area (Å²) in [4.78, 5) is 0.372. The molecule has 0 saturated carbocycles. The van der Waals surface area contributed by atoms with E-state index in [1.165, 1.54) is 36.7 Å². The van der Waals surface area contributed by atoms with Gasteiger partial charge in [0.2, 0.25) is 0 Å². The lowest BCUT2D eigenvalue weighted by Gasteiger charge is -2.10. The molecule has 0 atom stereocenters. The van der Waals surface area contributed by atoms with E-state index in [4.69, 9.17) is 0 Å². The van der Waals surface area contributed by atoms with Crippen molar-refractivity contribution >= 4 is 21.5 Å². The third kappa shape index (κ3) is 5.64. The Morgan fingerprint density at radius 3 is 2.17 bits per heavy atom. The van der Waals surface area contributed by atoms with Gasteiger partial charge in [0.05, 0.1) is 4.90 Å². The number of rotatable bonds is 8. The van der Waals surface area contributed by atoms with E-state index in [9.17, 15) is 8.42 Å². The van der Waals surface area contributed by atoms with E-state index in [1.807, 2.05) is 30.3 Å². The maximum absolute atomic E-state index is 11.6. The molecule has 0 amide bonds. The smallest absolute Gasteiger partial charge is 0.175 e. The molecular formula is C21H26O2S. The fraction of sp³-hybridized carbons (Fsp3) is 0.333. The van der Waals surface area contributed by atoms with Crippen LogP contribution in [0.1, 0.15) is 50.2 Å². The highest BCUT2D eigenvalue weighted by atomic mass is 32.2. The Kier molecular flexibility index (Phi) is 6.80. The largest absolute Gasteiger partial charge is 0.224 e. The zero-order valence-corrected chi connectivity index (χ0v) is 15.4. The van der Waals surface area contributed by atoms with Crippen LogP contribution in [0.4, 0.5) is 0 Å². The quantitative estimate of drug-likeness (QED) is 0.462. The van der Waals surface area contributed by atoms with Crippen LogP contribution in [0.15, 0.2) is 59.5 Å². The number of benzene rings is 2. The Morgan fingerprint density at radius 1 is 0.917 bits per heavy atom. The van der Waals surface area contributed by atoms with Crippen molar-refractivity contribution in [2.24, 2.45) is 0 Å². The highest BCUT2D eigenvalue weighted by Crippen LogP contribution is 2.25. The van der Waals surface area contributed by atoms with Crippen molar-refractivity contribution in [1.29, 1.82) is 0 Å². The number of sulfone groups is 1. The summed E-state index contributed by atoms with van der Waals surface area (Å²) in [6.07, 6.45) is 9.32. The lowest BCUT2D eigenvalue weighted by molar-refractivity contribution is 0.602. The van der Waals surface area contributed by atoms with Gasteiger partial charge in [0.15, 0.2) is 9.84 Å². The topological polar surface area (TPSA) is 34.1 Å². The molecule has 0 saturated heterocycles. The normalized spacial score (nSPS) is 12.3. The van der Waals surface area contributed by atoms with Gasteiger partial charge in [0.25, 0.3) is 0 Å². The number of unbranched alkanes of at least 4 members (excludes halogenated alkanes) is 3. The summed E-state index contributed by atoms with van der Waals surface area (Å²) in [5.41, 5.74) is 3.54. The van der Waals surface area contributed by atoms with Gasteiger partial charge in [-0.3, -0.25) is 0 Å². The summed E-state index contributed by atoms with van der Waals surface area (Å²) in [5, 5.41) is 0. The van der Waals surface area contributed by atoms with Crippen molar-refractivity contribution in [3.05, 3.63) is 65.7 Å². The molecule has 128 valence electrons. The summed E-state index contributed by atoms with van der Waals surface area (Å²) in [5.74, 6) is 0. The predicted molar refractivity (Wildman–Crippen MR) is 103 cm³/mol. The molecule has 0 radical (unpaired) electrons. The number of hydrogen-bond donors (Lipinski definition) is 0. The monoisotopic (exact) mass is 342 g/mol. The number of hydrogen-bond acceptors (Lipinski definition) is 2. The summed E-state index contributed by atoms with van der Waals surface area (Å²) >= 11 is 0. The third-order valence-corrected chi connectivity index (χ3v) is 5.22. The molecule has 3 heteroatoms. The summed E-state index contributed by atoms with van der Waals surface area (Å²) in [6.45, 7) is 2.21. The van der Waals surface area contributed by atoms with E-state index in [-0.39, 0.29) is 0 Å². The molecule has 0 heterocycles. The van der Waals surface area contributed by atoms with E-state index in [0.717, 1.165) is 18.4 Å². The molecule has 24 heavy (non-hydrogen) atoms. The molecule has 2 nitrogen and oxygen atoms in total. The molecule has 0 aliphatic heterocycles. The summed E-state index contributed by atoms with van der Waals surface area (Å²) < 4.78 is 23.3. The molecule has 2 aromatic carbocycles. The molecule has 0 unspecified atom stereocenters. The van der Waals surface area contributed by atoms with Gasteiger partial charge in [-0.25, -0.2) is 8.42 Å². The van der Waals surface area contributed by atoms with Gasteiger partial charge < -0.3 is 0 Å². The van der Waals surface area contributed by atoms with E-state index >= 15 is 0 Å². The van der Waals surface area contributed by atoms with Gasteiger partial charge in [0.1, 0.15) is 0 Å². The molecule has 2 aromatic rings. The van der Waals surface area contributed by atoms with Crippen LogP contribution < -0.4 is 0 Å². The molecule has 0 N–H and O–H groups in total. The molecule has 2 rings (SSSR count). The summed E-state index contributed by atoms with van der Waals surface area (Å²) in [7, 11) is -3.15. The van der Waals surface area contributed by atoms with Crippen LogP contribution in [0.5, 0.6) is 0 Å². The Hall–Kier alpha value is -1.87. The molecular weight excluding hydrogens is 316 g/mol. The van der Waals surface area contributed by atoms with Crippen molar-refractivity contribution < 1.29 is 8.42 Å². The van der Waals surface area contributed by atoms with Crippen molar-refractivity contribution in [2.45, 2.75) is 43.9 Å². The Balaban J connectivity index is 2.26. The van der Waals surface area contributed by atoms with E-state index in [0.29, 0.717) is 4.90 Å². The second kappa shape index (κ2) is 8.84. The second-order valence-electron chi connectivity index (χ2n) is 6.19. The Morgan fingerprint density at radius 2 is 1.58 bits per heavy atom. The van der Waals surface area contributed by atoms with Gasteiger partial charge >= 0.3 is 0 Å². The minimum absolute atomic E-state index is 0.372. The van der Waals surface area contributed by atoms with Crippen molar-refractivity contribution in [1.82, 2.24) is 0 Å². The van der Waals surface area contributed by atoms with Crippen molar-refractivity contribution in [2.75, 3.05) is 6.26 Å². The lowest BCUT2D eigenvalue weighted by atomic mass is 9.97. The second-order valence-corrected chi connectivity index (χ2v) is 8.20. The van der Waals surface area contributed by atoms with Crippen molar-refractivity contribution in [3.8, 4) is 0 Å². The third-order valence-electron chi connectivity index (χ3n) is 4.09. The fourth-order valence-electron chi connectivity index (χ4n) is 2.71. The van der Waals surface area contributed by atoms with Gasteiger partial charge in [-0.2, -0.15) is 0 Å². The van der Waals surface area contributed by atoms with Crippen LogP contribution in [-0.2, 0) is 9.84 Å². The van der Waals surface area contributed by atoms with Crippen LogP contribution in [0, 0.1) is 0 Å². The standard InChI is InChI=1S/C21H26O2S/c1-3-4-5-9-12-20(17-18-10-7-6-8-11-18)19-13-15-21(16-14-19)24(2,22)23/h6-8,10-11,13-17H,3-5,9,12H2,1-2H3. The molecule has 0 aliphatic rings. The van der Waals surface area contributed by atoms with Gasteiger partial charge in [-0.1, -0.05) is 74.7 Å². The predicted octanol–water partition coefficient (Wildman–Crippen LogP) is 5.60. The van der Waals surface area contributed by atoms with E-state index < -0.39 is 9.84 Å². The van der Waals surface area contributed by atoms with E-state index in [2.05, 4.69) is 25.1 Å². The molecule has 0 aromatic heterocycles. The average molecular weight is 343 g/mol. The van der Waals surface area contributed by atoms with Crippen LogP contribution >= 0.6 is 0 Å². The number of allylic oxidation sites excluding steroid dienone is 1. The first kappa shape index (κ1) is 18.5. The van der Waals surface area contributed by atoms with E-state index in [1.54, 1.807) is 12.1 Å². The highest BCUT2D eigenvalue weighted by molar-refractivity contribution is 7.90. The minimum Gasteiger partial charge on any atom is -0.224 e. The average Bonchev–Trinajstić information content (AvgIpc) is 2.58. The first-order chi connectivity index (χ1) is 11.5. The van der Waals surface area contributed by atoms with Crippen LogP contribution in [0.25, 0.3) is 11.6 Å². The zero-order chi connectivity index (χ0) is 17.4. The van der Waals surface area contributed by atoms with Crippen LogP contribution in [-0.4, -0.2) is 14.7 Å². The zero-order valence-electron chi connectivity index (χ0n) is 14.5. The van der Waals surface area contributed by atoms with Crippen LogP contribution in [0.3, 0.4) is 0 Å². The van der Waals surface area contributed by atoms with Gasteiger partial charge in [-0.05, 0) is 41.7 Å². The maximum atomic E-state index is 11.6. The molecule has 0 bridgehead atoms. The molecule has 0 fully saturated rings. The summed E-state index contributed by atoms with van der Waals surface area (Å²) in [6, 6.07) is 17.5. The molecule has 0 aliphatic carbocycles. The first-order valence-corrected chi connectivity index (χ1v) is 10.5. The SMILES string of the molecule is CCCCCCC(=Cc1ccccc1)c1ccc(S(C)(=O)=O)cc1. The van der Waals surface area contributed by atoms with Crippen molar-refractivity contribution in [3.63, 3.8) is 0 Å². The maximum Gasteiger partial charge on any atom is 0.175 e. The highest BCUT2D eigenvalue weighted by Gasteiger charge is 2.08. The lowest BCUT2D eigenvalue weighted by Crippen LogP contribution is -1.97. The fourth-order valence-corrected chi connectivity index (χ4v) is 3.34. The Bertz CT molecular complexity index is 757. The first-order valence-electron chi connectivity index (χ1n) is 8.57. The minimum atomic E-state index is -3.15. The Labute approximate surface area is 146 Å². The molecule has 0 spiro atoms. The van der Waals surface area contributed by atoms with Gasteiger partial charge in [0, 0.05) is 6.26 Å². The van der Waals surface area contributed by atoms with Gasteiger partial charge in [-0.15, -0.1) is 0 Å².